The van der Waals surface area contributed by atoms with E-state index >= 15 is 0 Å². The van der Waals surface area contributed by atoms with Crippen molar-refractivity contribution in [3.8, 4) is 5.75 Å². The van der Waals surface area contributed by atoms with Gasteiger partial charge in [0, 0.05) is 21.7 Å². The van der Waals surface area contributed by atoms with Gasteiger partial charge in [0.15, 0.2) is 0 Å². The highest BCUT2D eigenvalue weighted by atomic mass is 79.9. The Morgan fingerprint density at radius 1 is 1.11 bits per heavy atom. The van der Waals surface area contributed by atoms with Gasteiger partial charge < -0.3 is 15.4 Å². The summed E-state index contributed by atoms with van der Waals surface area (Å²) in [5.74, 6) is 0.0799. The second kappa shape index (κ2) is 8.86. The standard InChI is InChI=1S/C21H23BrN2O3/c1-21(2,3)24-20(26)16-7-5-6-8-17(16)23-19(25)12-9-14-13-15(22)10-11-18(14)27-4/h5-13H,1-4H3,(H,23,25)(H,24,26)/b12-9+. The molecule has 0 unspecified atom stereocenters. The molecule has 0 saturated carbocycles. The molecule has 27 heavy (non-hydrogen) atoms. The van der Waals surface area contributed by atoms with Crippen molar-refractivity contribution in [1.82, 2.24) is 5.32 Å². The van der Waals surface area contributed by atoms with Gasteiger partial charge in [0.05, 0.1) is 18.4 Å². The number of hydrogen-bond donors (Lipinski definition) is 2. The zero-order chi connectivity index (χ0) is 20.0. The molecule has 0 saturated heterocycles. The van der Waals surface area contributed by atoms with E-state index in [0.29, 0.717) is 17.0 Å². The van der Waals surface area contributed by atoms with Gasteiger partial charge in [0.25, 0.3) is 5.91 Å². The van der Waals surface area contributed by atoms with Crippen molar-refractivity contribution in [3.05, 3.63) is 64.1 Å². The third kappa shape index (κ3) is 6.25. The number of hydrogen-bond acceptors (Lipinski definition) is 3. The Labute approximate surface area is 167 Å². The summed E-state index contributed by atoms with van der Waals surface area (Å²) in [5, 5.41) is 5.66. The first-order valence-electron chi connectivity index (χ1n) is 8.44. The quantitative estimate of drug-likeness (QED) is 0.678. The van der Waals surface area contributed by atoms with E-state index in [1.807, 2.05) is 39.0 Å². The molecule has 0 bridgehead atoms. The predicted molar refractivity (Wildman–Crippen MR) is 112 cm³/mol. The highest BCUT2D eigenvalue weighted by Gasteiger charge is 2.18. The maximum Gasteiger partial charge on any atom is 0.253 e. The highest BCUT2D eigenvalue weighted by molar-refractivity contribution is 9.10. The van der Waals surface area contributed by atoms with Crippen LogP contribution in [0.25, 0.3) is 6.08 Å². The molecule has 0 atom stereocenters. The van der Waals surface area contributed by atoms with Crippen LogP contribution >= 0.6 is 15.9 Å². The minimum atomic E-state index is -0.370. The number of carbonyl (C=O) groups excluding carboxylic acids is 2. The number of nitrogens with one attached hydrogen (secondary N) is 2. The lowest BCUT2D eigenvalue weighted by Crippen LogP contribution is -2.40. The van der Waals surface area contributed by atoms with Gasteiger partial charge in [-0.25, -0.2) is 0 Å². The van der Waals surface area contributed by atoms with Crippen LogP contribution in [0.4, 0.5) is 5.69 Å². The SMILES string of the molecule is COc1ccc(Br)cc1/C=C/C(=O)Nc1ccccc1C(=O)NC(C)(C)C. The fourth-order valence-corrected chi connectivity index (χ4v) is 2.75. The first-order chi connectivity index (χ1) is 12.7. The van der Waals surface area contributed by atoms with Crippen LogP contribution < -0.4 is 15.4 Å². The van der Waals surface area contributed by atoms with Gasteiger partial charge in [0.1, 0.15) is 5.75 Å². The lowest BCUT2D eigenvalue weighted by atomic mass is 10.1. The molecule has 0 aromatic heterocycles. The molecule has 2 rings (SSSR count). The normalized spacial score (nSPS) is 11.3. The van der Waals surface area contributed by atoms with Gasteiger partial charge in [-0.3, -0.25) is 9.59 Å². The molecule has 0 aliphatic rings. The summed E-state index contributed by atoms with van der Waals surface area (Å²) in [6.07, 6.45) is 3.07. The van der Waals surface area contributed by atoms with Crippen LogP contribution in [0.2, 0.25) is 0 Å². The van der Waals surface area contributed by atoms with E-state index in [4.69, 9.17) is 4.74 Å². The molecular formula is C21H23BrN2O3. The molecule has 0 heterocycles. The average Bonchev–Trinajstić information content (AvgIpc) is 2.59. The van der Waals surface area contributed by atoms with Gasteiger partial charge >= 0.3 is 0 Å². The van der Waals surface area contributed by atoms with Crippen LogP contribution in [0.3, 0.4) is 0 Å². The number of methoxy groups -OCH3 is 1. The summed E-state index contributed by atoms with van der Waals surface area (Å²) >= 11 is 3.40. The van der Waals surface area contributed by atoms with E-state index in [1.165, 1.54) is 6.08 Å². The molecule has 5 nitrogen and oxygen atoms in total. The molecule has 142 valence electrons. The topological polar surface area (TPSA) is 67.4 Å². The lowest BCUT2D eigenvalue weighted by molar-refractivity contribution is -0.111. The van der Waals surface area contributed by atoms with Crippen molar-refractivity contribution in [2.24, 2.45) is 0 Å². The zero-order valence-electron chi connectivity index (χ0n) is 15.8. The van der Waals surface area contributed by atoms with E-state index in [1.54, 1.807) is 37.5 Å². The van der Waals surface area contributed by atoms with Crippen molar-refractivity contribution < 1.29 is 14.3 Å². The monoisotopic (exact) mass is 430 g/mol. The summed E-state index contributed by atoms with van der Waals surface area (Å²) < 4.78 is 6.17. The van der Waals surface area contributed by atoms with E-state index < -0.39 is 0 Å². The first kappa shape index (κ1) is 20.7. The van der Waals surface area contributed by atoms with Gasteiger partial charge in [-0.15, -0.1) is 0 Å². The van der Waals surface area contributed by atoms with Crippen LogP contribution in [-0.4, -0.2) is 24.5 Å². The van der Waals surface area contributed by atoms with Crippen molar-refractivity contribution in [2.75, 3.05) is 12.4 Å². The van der Waals surface area contributed by atoms with E-state index in [0.717, 1.165) is 10.0 Å². The highest BCUT2D eigenvalue weighted by Crippen LogP contribution is 2.24. The molecule has 0 aliphatic carbocycles. The molecule has 2 N–H and O–H groups in total. The summed E-state index contributed by atoms with van der Waals surface area (Å²) in [6, 6.07) is 12.4. The van der Waals surface area contributed by atoms with Gasteiger partial charge in [-0.2, -0.15) is 0 Å². The Hall–Kier alpha value is -2.60. The second-order valence-electron chi connectivity index (χ2n) is 6.96. The maximum atomic E-state index is 12.5. The van der Waals surface area contributed by atoms with Crippen LogP contribution in [0.15, 0.2) is 53.0 Å². The van der Waals surface area contributed by atoms with Crippen LogP contribution in [0.5, 0.6) is 5.75 Å². The molecule has 2 aromatic carbocycles. The van der Waals surface area contributed by atoms with Crippen molar-refractivity contribution in [2.45, 2.75) is 26.3 Å². The van der Waals surface area contributed by atoms with Crippen molar-refractivity contribution in [1.29, 1.82) is 0 Å². The molecule has 0 fully saturated rings. The fourth-order valence-electron chi connectivity index (χ4n) is 2.37. The summed E-state index contributed by atoms with van der Waals surface area (Å²) in [4.78, 5) is 24.8. The Morgan fingerprint density at radius 3 is 2.48 bits per heavy atom. The van der Waals surface area contributed by atoms with Crippen molar-refractivity contribution in [3.63, 3.8) is 0 Å². The Bertz CT molecular complexity index is 870. The smallest absolute Gasteiger partial charge is 0.253 e. The lowest BCUT2D eigenvalue weighted by Gasteiger charge is -2.21. The van der Waals surface area contributed by atoms with Gasteiger partial charge in [-0.05, 0) is 57.2 Å². The molecule has 2 aromatic rings. The summed E-state index contributed by atoms with van der Waals surface area (Å²) in [7, 11) is 1.57. The number of halogens is 1. The average molecular weight is 431 g/mol. The number of anilines is 1. The van der Waals surface area contributed by atoms with Crippen LogP contribution in [-0.2, 0) is 4.79 Å². The molecule has 0 aliphatic heterocycles. The fraction of sp³-hybridized carbons (Fsp3) is 0.238. The van der Waals surface area contributed by atoms with Crippen LogP contribution in [0, 0.1) is 0 Å². The maximum absolute atomic E-state index is 12.5. The van der Waals surface area contributed by atoms with E-state index in [2.05, 4.69) is 26.6 Å². The van der Waals surface area contributed by atoms with Gasteiger partial charge in [-0.1, -0.05) is 28.1 Å². The summed E-state index contributed by atoms with van der Waals surface area (Å²) in [5.41, 5.74) is 1.26. The number of carbonyl (C=O) groups is 2. The number of ether oxygens (including phenoxy) is 1. The molecular weight excluding hydrogens is 408 g/mol. The summed E-state index contributed by atoms with van der Waals surface area (Å²) in [6.45, 7) is 5.71. The molecule has 2 amide bonds. The van der Waals surface area contributed by atoms with Gasteiger partial charge in [0.2, 0.25) is 5.91 Å². The Kier molecular flexibility index (Phi) is 6.80. The van der Waals surface area contributed by atoms with Crippen LogP contribution in [0.1, 0.15) is 36.7 Å². The van der Waals surface area contributed by atoms with E-state index in [-0.39, 0.29) is 17.4 Å². The Balaban J connectivity index is 2.17. The molecule has 0 spiro atoms. The third-order valence-corrected chi connectivity index (χ3v) is 4.02. The zero-order valence-corrected chi connectivity index (χ0v) is 17.4. The minimum absolute atomic E-state index is 0.240. The largest absolute Gasteiger partial charge is 0.496 e. The minimum Gasteiger partial charge on any atom is -0.496 e. The van der Waals surface area contributed by atoms with E-state index in [9.17, 15) is 9.59 Å². The molecule has 0 radical (unpaired) electrons. The number of rotatable bonds is 5. The number of para-hydroxylation sites is 1. The second-order valence-corrected chi connectivity index (χ2v) is 7.87. The third-order valence-electron chi connectivity index (χ3n) is 3.52. The first-order valence-corrected chi connectivity index (χ1v) is 9.23. The molecule has 6 heteroatoms. The predicted octanol–water partition coefficient (Wildman–Crippen LogP) is 4.64. The van der Waals surface area contributed by atoms with Crippen molar-refractivity contribution >= 4 is 39.5 Å². The Morgan fingerprint density at radius 2 is 1.81 bits per heavy atom. The number of benzene rings is 2. The number of amides is 2.